The van der Waals surface area contributed by atoms with Gasteiger partial charge in [-0.1, -0.05) is 38.3 Å². The van der Waals surface area contributed by atoms with E-state index in [1.165, 1.54) is 37.7 Å². The summed E-state index contributed by atoms with van der Waals surface area (Å²) >= 11 is 0. The van der Waals surface area contributed by atoms with E-state index in [9.17, 15) is 0 Å². The Morgan fingerprint density at radius 2 is 1.82 bits per heavy atom. The molecule has 7 heteroatoms. The first kappa shape index (κ1) is 22.4. The molecule has 5 rings (SSSR count). The number of benzene rings is 1. The van der Waals surface area contributed by atoms with E-state index in [0.717, 1.165) is 55.4 Å². The Hall–Kier alpha value is -2.38. The lowest BCUT2D eigenvalue weighted by molar-refractivity contribution is 0.0606. The number of nitrogens with zero attached hydrogens (tertiary/aromatic N) is 7. The van der Waals surface area contributed by atoms with E-state index in [1.807, 2.05) is 12.3 Å². The SMILES string of the molecule is CCC(C)(C)n1nnnc1[C@H](c1ccc2ncccc2c1)N1CCN(C2CCCCC2)CC1. The van der Waals surface area contributed by atoms with Crippen LogP contribution in [0.2, 0.25) is 0 Å². The van der Waals surface area contributed by atoms with Gasteiger partial charge >= 0.3 is 0 Å². The van der Waals surface area contributed by atoms with E-state index >= 15 is 0 Å². The molecule has 0 radical (unpaired) electrons. The van der Waals surface area contributed by atoms with Crippen molar-refractivity contribution in [2.24, 2.45) is 0 Å². The third kappa shape index (κ3) is 4.53. The molecule has 1 aromatic carbocycles. The van der Waals surface area contributed by atoms with E-state index in [-0.39, 0.29) is 11.6 Å². The summed E-state index contributed by atoms with van der Waals surface area (Å²) in [5.41, 5.74) is 2.12. The number of hydrogen-bond donors (Lipinski definition) is 0. The first-order valence-electron chi connectivity index (χ1n) is 12.7. The molecule has 1 saturated heterocycles. The molecule has 2 fully saturated rings. The zero-order chi connectivity index (χ0) is 22.8. The van der Waals surface area contributed by atoms with Gasteiger partial charge in [0.1, 0.15) is 0 Å². The second-order valence-electron chi connectivity index (χ2n) is 10.3. The highest BCUT2D eigenvalue weighted by Crippen LogP contribution is 2.33. The van der Waals surface area contributed by atoms with Gasteiger partial charge in [-0.05, 0) is 67.3 Å². The average Bonchev–Trinajstić information content (AvgIpc) is 3.35. The van der Waals surface area contributed by atoms with Gasteiger partial charge in [0.15, 0.2) is 5.82 Å². The highest BCUT2D eigenvalue weighted by atomic mass is 15.6. The zero-order valence-corrected chi connectivity index (χ0v) is 20.3. The standard InChI is InChI=1S/C26H37N7/c1-4-26(2,3)33-25(28-29-30-33)24(21-12-13-23-20(19-21)9-8-14-27-23)32-17-15-31(16-18-32)22-10-6-5-7-11-22/h8-9,12-14,19,22,24H,4-7,10-11,15-18H2,1-3H3/t24-/m0/s1. The van der Waals surface area contributed by atoms with Crippen LogP contribution >= 0.6 is 0 Å². The minimum Gasteiger partial charge on any atom is -0.298 e. The molecule has 1 aliphatic carbocycles. The summed E-state index contributed by atoms with van der Waals surface area (Å²) in [6.45, 7) is 10.9. The summed E-state index contributed by atoms with van der Waals surface area (Å²) in [7, 11) is 0. The van der Waals surface area contributed by atoms with E-state index in [4.69, 9.17) is 0 Å². The first-order valence-corrected chi connectivity index (χ1v) is 12.7. The van der Waals surface area contributed by atoms with Crippen molar-refractivity contribution < 1.29 is 0 Å². The van der Waals surface area contributed by atoms with Gasteiger partial charge < -0.3 is 0 Å². The van der Waals surface area contributed by atoms with Crippen molar-refractivity contribution in [3.63, 3.8) is 0 Å². The first-order chi connectivity index (χ1) is 16.1. The van der Waals surface area contributed by atoms with Crippen LogP contribution in [0.15, 0.2) is 36.5 Å². The van der Waals surface area contributed by atoms with Crippen molar-refractivity contribution in [3.05, 3.63) is 47.9 Å². The Morgan fingerprint density at radius 3 is 2.58 bits per heavy atom. The van der Waals surface area contributed by atoms with Gasteiger partial charge in [0, 0.05) is 43.8 Å². The molecule has 1 aliphatic heterocycles. The summed E-state index contributed by atoms with van der Waals surface area (Å²) in [6.07, 6.45) is 9.74. The predicted octanol–water partition coefficient (Wildman–Crippen LogP) is 4.41. The number of hydrogen-bond acceptors (Lipinski definition) is 6. The van der Waals surface area contributed by atoms with E-state index in [2.05, 4.69) is 80.0 Å². The summed E-state index contributed by atoms with van der Waals surface area (Å²) in [5.74, 6) is 0.941. The van der Waals surface area contributed by atoms with E-state index < -0.39 is 0 Å². The normalized spacial score (nSPS) is 20.3. The van der Waals surface area contributed by atoms with Crippen LogP contribution in [-0.4, -0.2) is 67.2 Å². The number of pyridine rings is 1. The van der Waals surface area contributed by atoms with Gasteiger partial charge in [-0.25, -0.2) is 4.68 Å². The van der Waals surface area contributed by atoms with Crippen molar-refractivity contribution in [2.45, 2.75) is 76.9 Å². The van der Waals surface area contributed by atoms with Crippen molar-refractivity contribution in [3.8, 4) is 0 Å². The minimum absolute atomic E-state index is 0.0314. The molecule has 2 aliphatic rings. The molecule has 7 nitrogen and oxygen atoms in total. The second kappa shape index (κ2) is 9.47. The maximum atomic E-state index is 4.60. The molecule has 3 heterocycles. The summed E-state index contributed by atoms with van der Waals surface area (Å²) in [4.78, 5) is 9.84. The second-order valence-corrected chi connectivity index (χ2v) is 10.3. The quantitative estimate of drug-likeness (QED) is 0.558. The van der Waals surface area contributed by atoms with Crippen LogP contribution in [0.3, 0.4) is 0 Å². The van der Waals surface area contributed by atoms with Gasteiger partial charge in [-0.2, -0.15) is 0 Å². The molecule has 0 unspecified atom stereocenters. The van der Waals surface area contributed by atoms with Crippen molar-refractivity contribution >= 4 is 10.9 Å². The van der Waals surface area contributed by atoms with Crippen molar-refractivity contribution in [1.29, 1.82) is 0 Å². The number of piperazine rings is 1. The Balaban J connectivity index is 1.48. The van der Waals surface area contributed by atoms with Gasteiger partial charge in [-0.3, -0.25) is 14.8 Å². The van der Waals surface area contributed by atoms with Gasteiger partial charge in [0.25, 0.3) is 0 Å². The monoisotopic (exact) mass is 447 g/mol. The summed E-state index contributed by atoms with van der Waals surface area (Å²) < 4.78 is 2.05. The summed E-state index contributed by atoms with van der Waals surface area (Å²) in [6, 6.07) is 11.6. The predicted molar refractivity (Wildman–Crippen MR) is 131 cm³/mol. The number of aromatic nitrogens is 5. The number of rotatable bonds is 6. The Bertz CT molecular complexity index is 1060. The highest BCUT2D eigenvalue weighted by Gasteiger charge is 2.35. The molecular formula is C26H37N7. The highest BCUT2D eigenvalue weighted by molar-refractivity contribution is 5.79. The van der Waals surface area contributed by atoms with Gasteiger partial charge in [-0.15, -0.1) is 5.10 Å². The van der Waals surface area contributed by atoms with Crippen LogP contribution in [0.25, 0.3) is 10.9 Å². The van der Waals surface area contributed by atoms with Crippen LogP contribution in [-0.2, 0) is 5.54 Å². The minimum atomic E-state index is -0.139. The largest absolute Gasteiger partial charge is 0.298 e. The fourth-order valence-electron chi connectivity index (χ4n) is 5.54. The maximum Gasteiger partial charge on any atom is 0.173 e. The lowest BCUT2D eigenvalue weighted by Gasteiger charge is -2.43. The molecule has 33 heavy (non-hydrogen) atoms. The molecule has 2 aromatic heterocycles. The van der Waals surface area contributed by atoms with Crippen LogP contribution in [0.1, 0.15) is 76.7 Å². The third-order valence-electron chi connectivity index (χ3n) is 7.92. The topological polar surface area (TPSA) is 63.0 Å². The molecule has 1 atom stereocenters. The third-order valence-corrected chi connectivity index (χ3v) is 7.92. The maximum absolute atomic E-state index is 4.60. The van der Waals surface area contributed by atoms with Crippen LogP contribution < -0.4 is 0 Å². The fourth-order valence-corrected chi connectivity index (χ4v) is 5.54. The van der Waals surface area contributed by atoms with Crippen LogP contribution in [0.4, 0.5) is 0 Å². The van der Waals surface area contributed by atoms with Crippen molar-refractivity contribution in [2.75, 3.05) is 26.2 Å². The smallest absolute Gasteiger partial charge is 0.173 e. The molecule has 0 N–H and O–H groups in total. The molecular weight excluding hydrogens is 410 g/mol. The van der Waals surface area contributed by atoms with Gasteiger partial charge in [0.05, 0.1) is 17.1 Å². The van der Waals surface area contributed by atoms with Crippen LogP contribution in [0.5, 0.6) is 0 Å². The average molecular weight is 448 g/mol. The lowest BCUT2D eigenvalue weighted by Crippen LogP contribution is -2.52. The van der Waals surface area contributed by atoms with Crippen LogP contribution in [0, 0.1) is 0 Å². The van der Waals surface area contributed by atoms with Crippen molar-refractivity contribution in [1.82, 2.24) is 35.0 Å². The summed E-state index contributed by atoms with van der Waals surface area (Å²) in [5, 5.41) is 14.4. The molecule has 0 bridgehead atoms. The molecule has 0 amide bonds. The molecule has 0 spiro atoms. The Morgan fingerprint density at radius 1 is 1.03 bits per heavy atom. The fraction of sp³-hybridized carbons (Fsp3) is 0.615. The van der Waals surface area contributed by atoms with Gasteiger partial charge in [0.2, 0.25) is 0 Å². The Labute approximate surface area is 197 Å². The lowest BCUT2D eigenvalue weighted by atomic mass is 9.93. The molecule has 3 aromatic rings. The molecule has 1 saturated carbocycles. The van der Waals surface area contributed by atoms with E-state index in [0.29, 0.717) is 0 Å². The number of fused-ring (bicyclic) bond motifs is 1. The van der Waals surface area contributed by atoms with E-state index in [1.54, 1.807) is 0 Å². The molecule has 176 valence electrons. The Kier molecular flexibility index (Phi) is 6.43. The zero-order valence-electron chi connectivity index (χ0n) is 20.3. The number of tetrazole rings is 1.